The summed E-state index contributed by atoms with van der Waals surface area (Å²) in [6.07, 6.45) is 2.88. The zero-order chi connectivity index (χ0) is 18.5. The van der Waals surface area contributed by atoms with Gasteiger partial charge < -0.3 is 15.6 Å². The van der Waals surface area contributed by atoms with Gasteiger partial charge in [0.25, 0.3) is 11.5 Å². The Balaban J connectivity index is 1.67. The van der Waals surface area contributed by atoms with Gasteiger partial charge in [-0.3, -0.25) is 9.59 Å². The van der Waals surface area contributed by atoms with E-state index < -0.39 is 0 Å². The van der Waals surface area contributed by atoms with Crippen LogP contribution in [0.25, 0.3) is 10.9 Å². The first-order valence-electron chi connectivity index (χ1n) is 9.33. The monoisotopic (exact) mass is 373 g/mol. The molecule has 26 heavy (non-hydrogen) atoms. The van der Waals surface area contributed by atoms with Crippen LogP contribution in [0, 0.1) is 0 Å². The first-order chi connectivity index (χ1) is 12.6. The second kappa shape index (κ2) is 8.73. The van der Waals surface area contributed by atoms with Crippen molar-refractivity contribution in [2.75, 3.05) is 18.8 Å². The largest absolute Gasteiger partial charge is 0.352 e. The lowest BCUT2D eigenvalue weighted by molar-refractivity contribution is 0.0953. The Morgan fingerprint density at radius 1 is 1.23 bits per heavy atom. The highest BCUT2D eigenvalue weighted by atomic mass is 32.2. The SMILES string of the molecule is CC(C)NCCCCNC(=O)c1ccc2[nH]c(=O)c3c(c2c1)CCSC3. The van der Waals surface area contributed by atoms with Crippen LogP contribution in [0.1, 0.15) is 48.2 Å². The van der Waals surface area contributed by atoms with Crippen LogP contribution >= 0.6 is 11.8 Å². The summed E-state index contributed by atoms with van der Waals surface area (Å²) in [7, 11) is 0. The molecule has 140 valence electrons. The fourth-order valence-corrected chi connectivity index (χ4v) is 4.28. The molecule has 0 atom stereocenters. The number of hydrogen-bond acceptors (Lipinski definition) is 4. The topological polar surface area (TPSA) is 74.0 Å². The number of carbonyl (C=O) groups is 1. The third kappa shape index (κ3) is 4.48. The number of thioether (sulfide) groups is 1. The lowest BCUT2D eigenvalue weighted by Gasteiger charge is -2.17. The average molecular weight is 374 g/mol. The van der Waals surface area contributed by atoms with E-state index in [-0.39, 0.29) is 11.5 Å². The number of amides is 1. The molecule has 3 rings (SSSR count). The van der Waals surface area contributed by atoms with Gasteiger partial charge in [-0.2, -0.15) is 11.8 Å². The number of rotatable bonds is 7. The van der Waals surface area contributed by atoms with Gasteiger partial charge >= 0.3 is 0 Å². The summed E-state index contributed by atoms with van der Waals surface area (Å²) in [5.41, 5.74) is 3.45. The van der Waals surface area contributed by atoms with E-state index in [0.717, 1.165) is 59.3 Å². The summed E-state index contributed by atoms with van der Waals surface area (Å²) in [5, 5.41) is 7.38. The maximum absolute atomic E-state index is 12.5. The molecule has 1 aliphatic rings. The summed E-state index contributed by atoms with van der Waals surface area (Å²) in [6.45, 7) is 5.91. The Kier molecular flexibility index (Phi) is 6.38. The molecule has 0 saturated carbocycles. The third-order valence-electron chi connectivity index (χ3n) is 4.68. The summed E-state index contributed by atoms with van der Waals surface area (Å²) < 4.78 is 0. The number of fused-ring (bicyclic) bond motifs is 3. The number of benzene rings is 1. The van der Waals surface area contributed by atoms with Crippen LogP contribution in [0.15, 0.2) is 23.0 Å². The number of aromatic amines is 1. The number of pyridine rings is 1. The van der Waals surface area contributed by atoms with E-state index in [4.69, 9.17) is 0 Å². The van der Waals surface area contributed by atoms with Crippen LogP contribution in [-0.2, 0) is 12.2 Å². The molecule has 2 aromatic rings. The van der Waals surface area contributed by atoms with Gasteiger partial charge in [0.2, 0.25) is 0 Å². The molecule has 0 fully saturated rings. The highest BCUT2D eigenvalue weighted by Gasteiger charge is 2.17. The molecule has 1 amide bonds. The van der Waals surface area contributed by atoms with E-state index in [9.17, 15) is 9.59 Å². The summed E-state index contributed by atoms with van der Waals surface area (Å²) >= 11 is 1.79. The number of H-pyrrole nitrogens is 1. The Morgan fingerprint density at radius 2 is 2.04 bits per heavy atom. The first-order valence-corrected chi connectivity index (χ1v) is 10.5. The van der Waals surface area contributed by atoms with Crippen molar-refractivity contribution in [1.29, 1.82) is 0 Å². The van der Waals surface area contributed by atoms with E-state index in [1.165, 1.54) is 0 Å². The lowest BCUT2D eigenvalue weighted by atomic mass is 9.99. The Morgan fingerprint density at radius 3 is 2.85 bits per heavy atom. The zero-order valence-corrected chi connectivity index (χ0v) is 16.3. The molecule has 0 radical (unpaired) electrons. The standard InChI is InChI=1S/C20H27N3O2S/c1-13(2)21-8-3-4-9-22-19(24)14-5-6-18-16(11-14)15-7-10-26-12-17(15)20(25)23-18/h5-6,11,13,21H,3-4,7-10,12H2,1-2H3,(H,22,24)(H,23,25). The molecule has 1 aromatic carbocycles. The van der Waals surface area contributed by atoms with Gasteiger partial charge in [0.05, 0.1) is 0 Å². The van der Waals surface area contributed by atoms with E-state index in [1.54, 1.807) is 17.8 Å². The molecule has 0 bridgehead atoms. The van der Waals surface area contributed by atoms with Crippen molar-refractivity contribution in [2.24, 2.45) is 0 Å². The molecule has 0 unspecified atom stereocenters. The molecule has 6 heteroatoms. The van der Waals surface area contributed by atoms with Gasteiger partial charge in [0, 0.05) is 40.4 Å². The summed E-state index contributed by atoms with van der Waals surface area (Å²) in [6, 6.07) is 6.06. The van der Waals surface area contributed by atoms with E-state index in [1.807, 2.05) is 12.1 Å². The minimum atomic E-state index is -0.0474. The minimum Gasteiger partial charge on any atom is -0.352 e. The number of nitrogens with one attached hydrogen (secondary N) is 3. The van der Waals surface area contributed by atoms with Crippen LogP contribution < -0.4 is 16.2 Å². The molecule has 1 aliphatic heterocycles. The molecule has 2 heterocycles. The highest BCUT2D eigenvalue weighted by molar-refractivity contribution is 7.98. The molecule has 0 spiro atoms. The summed E-state index contributed by atoms with van der Waals surface area (Å²) in [5.74, 6) is 1.72. The molecule has 5 nitrogen and oxygen atoms in total. The van der Waals surface area contributed by atoms with Gasteiger partial charge in [-0.1, -0.05) is 13.8 Å². The lowest BCUT2D eigenvalue weighted by Crippen LogP contribution is -2.27. The molecule has 3 N–H and O–H groups in total. The molecular weight excluding hydrogens is 346 g/mol. The van der Waals surface area contributed by atoms with Crippen LogP contribution in [0.5, 0.6) is 0 Å². The quantitative estimate of drug-likeness (QED) is 0.653. The smallest absolute Gasteiger partial charge is 0.252 e. The highest BCUT2D eigenvalue weighted by Crippen LogP contribution is 2.28. The van der Waals surface area contributed by atoms with Crippen molar-refractivity contribution < 1.29 is 4.79 Å². The van der Waals surface area contributed by atoms with Crippen molar-refractivity contribution in [2.45, 2.75) is 44.9 Å². The molecule has 0 saturated heterocycles. The fraction of sp³-hybridized carbons (Fsp3) is 0.500. The van der Waals surface area contributed by atoms with Gasteiger partial charge in [0.15, 0.2) is 0 Å². The molecular formula is C20H27N3O2S. The minimum absolute atomic E-state index is 0.00640. The second-order valence-corrected chi connectivity index (χ2v) is 8.15. The average Bonchev–Trinajstić information content (AvgIpc) is 2.64. The maximum atomic E-state index is 12.5. The van der Waals surface area contributed by atoms with Crippen LogP contribution in [0.2, 0.25) is 0 Å². The van der Waals surface area contributed by atoms with Crippen molar-refractivity contribution in [3.05, 3.63) is 45.2 Å². The first kappa shape index (κ1) is 19.0. The predicted molar refractivity (Wildman–Crippen MR) is 109 cm³/mol. The number of hydrogen-bond donors (Lipinski definition) is 3. The second-order valence-electron chi connectivity index (χ2n) is 7.05. The zero-order valence-electron chi connectivity index (χ0n) is 15.5. The van der Waals surface area contributed by atoms with Crippen molar-refractivity contribution >= 4 is 28.6 Å². The number of aromatic nitrogens is 1. The Labute approximate surface area is 158 Å². The third-order valence-corrected chi connectivity index (χ3v) is 5.66. The predicted octanol–water partition coefficient (Wildman–Crippen LogP) is 2.83. The number of carbonyl (C=O) groups excluding carboxylic acids is 1. The van der Waals surface area contributed by atoms with E-state index in [2.05, 4.69) is 29.5 Å². The van der Waals surface area contributed by atoms with Crippen LogP contribution in [-0.4, -0.2) is 35.8 Å². The molecule has 0 aliphatic carbocycles. The van der Waals surface area contributed by atoms with Gasteiger partial charge in [-0.05, 0) is 55.3 Å². The van der Waals surface area contributed by atoms with Gasteiger partial charge in [-0.25, -0.2) is 0 Å². The van der Waals surface area contributed by atoms with Crippen molar-refractivity contribution in [1.82, 2.24) is 15.6 Å². The fourth-order valence-electron chi connectivity index (χ4n) is 3.27. The van der Waals surface area contributed by atoms with Crippen LogP contribution in [0.3, 0.4) is 0 Å². The van der Waals surface area contributed by atoms with Gasteiger partial charge in [0.1, 0.15) is 0 Å². The van der Waals surface area contributed by atoms with E-state index in [0.29, 0.717) is 18.2 Å². The van der Waals surface area contributed by atoms with Crippen molar-refractivity contribution in [3.8, 4) is 0 Å². The normalized spacial score (nSPS) is 13.8. The Bertz CT molecular complexity index is 845. The number of aryl methyl sites for hydroxylation is 1. The maximum Gasteiger partial charge on any atom is 0.252 e. The van der Waals surface area contributed by atoms with Gasteiger partial charge in [-0.15, -0.1) is 0 Å². The molecule has 1 aromatic heterocycles. The van der Waals surface area contributed by atoms with E-state index >= 15 is 0 Å². The van der Waals surface area contributed by atoms with Crippen LogP contribution in [0.4, 0.5) is 0 Å². The Hall–Kier alpha value is -1.79. The summed E-state index contributed by atoms with van der Waals surface area (Å²) in [4.78, 5) is 27.6. The number of unbranched alkanes of at least 4 members (excludes halogenated alkanes) is 1. The van der Waals surface area contributed by atoms with Crippen molar-refractivity contribution in [3.63, 3.8) is 0 Å².